The predicted molar refractivity (Wildman–Crippen MR) is 50.6 cm³/mol. The van der Waals surface area contributed by atoms with Gasteiger partial charge in [0.05, 0.1) is 5.69 Å². The number of carbonyl (C=O) groups is 2. The molecule has 80 valence electrons. The van der Waals surface area contributed by atoms with Gasteiger partial charge in [0, 0.05) is 4.53 Å². The third kappa shape index (κ3) is 3.26. The van der Waals surface area contributed by atoms with Gasteiger partial charge in [-0.25, -0.2) is 0 Å². The number of rotatable bonds is 4. The molecule has 0 spiro atoms. The van der Waals surface area contributed by atoms with Gasteiger partial charge < -0.3 is 11.1 Å². The molecule has 15 heavy (non-hydrogen) atoms. The fourth-order valence-corrected chi connectivity index (χ4v) is 0.990. The van der Waals surface area contributed by atoms with E-state index in [1.165, 1.54) is 12.1 Å². The van der Waals surface area contributed by atoms with Gasteiger partial charge in [-0.15, -0.1) is 0 Å². The van der Waals surface area contributed by atoms with Crippen molar-refractivity contribution in [3.05, 3.63) is 24.3 Å². The SMILES string of the molecule is NC(=O)CC(=O)Nc1ccccc1OF. The van der Waals surface area contributed by atoms with Crippen LogP contribution < -0.4 is 16.0 Å². The van der Waals surface area contributed by atoms with Crippen LogP contribution in [0.2, 0.25) is 0 Å². The van der Waals surface area contributed by atoms with Crippen molar-refractivity contribution in [1.29, 1.82) is 0 Å². The Hall–Kier alpha value is -2.11. The highest BCUT2D eigenvalue weighted by molar-refractivity contribution is 6.03. The molecule has 0 radical (unpaired) electrons. The minimum absolute atomic E-state index is 0.129. The van der Waals surface area contributed by atoms with E-state index in [-0.39, 0.29) is 11.4 Å². The maximum absolute atomic E-state index is 12.0. The van der Waals surface area contributed by atoms with Crippen molar-refractivity contribution in [2.45, 2.75) is 6.42 Å². The Bertz CT molecular complexity index is 381. The van der Waals surface area contributed by atoms with E-state index in [0.29, 0.717) is 0 Å². The van der Waals surface area contributed by atoms with Crippen LogP contribution in [0, 0.1) is 0 Å². The number of benzene rings is 1. The summed E-state index contributed by atoms with van der Waals surface area (Å²) in [7, 11) is 0. The normalized spacial score (nSPS) is 9.40. The van der Waals surface area contributed by atoms with E-state index < -0.39 is 18.2 Å². The number of primary amides is 1. The number of hydrogen-bond acceptors (Lipinski definition) is 3. The van der Waals surface area contributed by atoms with Crippen molar-refractivity contribution in [3.8, 4) is 5.75 Å². The minimum atomic E-state index is -0.758. The fraction of sp³-hybridized carbons (Fsp3) is 0.111. The van der Waals surface area contributed by atoms with Gasteiger partial charge in [-0.2, -0.15) is 0 Å². The van der Waals surface area contributed by atoms with E-state index in [0.717, 1.165) is 0 Å². The molecule has 0 aliphatic heterocycles. The number of amides is 2. The Kier molecular flexibility index (Phi) is 3.61. The second-order valence-corrected chi connectivity index (χ2v) is 2.76. The quantitative estimate of drug-likeness (QED) is 0.723. The molecule has 0 fully saturated rings. The van der Waals surface area contributed by atoms with Gasteiger partial charge in [-0.05, 0) is 12.1 Å². The van der Waals surface area contributed by atoms with Crippen molar-refractivity contribution in [2.24, 2.45) is 5.73 Å². The molecule has 0 saturated carbocycles. The van der Waals surface area contributed by atoms with Gasteiger partial charge in [0.2, 0.25) is 11.8 Å². The van der Waals surface area contributed by atoms with Crippen molar-refractivity contribution in [1.82, 2.24) is 0 Å². The van der Waals surface area contributed by atoms with Crippen molar-refractivity contribution < 1.29 is 19.1 Å². The summed E-state index contributed by atoms with van der Waals surface area (Å²) in [5.74, 6) is -1.51. The molecular weight excluding hydrogens is 203 g/mol. The van der Waals surface area contributed by atoms with Crippen LogP contribution in [0.5, 0.6) is 5.75 Å². The van der Waals surface area contributed by atoms with Gasteiger partial charge in [-0.3, -0.25) is 14.5 Å². The Morgan fingerprint density at radius 1 is 1.40 bits per heavy atom. The first-order chi connectivity index (χ1) is 7.13. The molecule has 0 atom stereocenters. The lowest BCUT2D eigenvalue weighted by Crippen LogP contribution is -2.21. The van der Waals surface area contributed by atoms with Gasteiger partial charge >= 0.3 is 0 Å². The second kappa shape index (κ2) is 4.94. The average molecular weight is 212 g/mol. The van der Waals surface area contributed by atoms with Gasteiger partial charge in [-0.1, -0.05) is 12.1 Å². The molecule has 0 aromatic heterocycles. The zero-order valence-electron chi connectivity index (χ0n) is 7.70. The van der Waals surface area contributed by atoms with E-state index >= 15 is 0 Å². The van der Waals surface area contributed by atoms with Crippen molar-refractivity contribution in [2.75, 3.05) is 5.32 Å². The second-order valence-electron chi connectivity index (χ2n) is 2.76. The van der Waals surface area contributed by atoms with E-state index in [9.17, 15) is 14.1 Å². The molecule has 0 aliphatic rings. The zero-order chi connectivity index (χ0) is 11.3. The van der Waals surface area contributed by atoms with Crippen LogP contribution in [0.3, 0.4) is 0 Å². The first-order valence-electron chi connectivity index (χ1n) is 4.09. The van der Waals surface area contributed by atoms with Gasteiger partial charge in [0.1, 0.15) is 6.42 Å². The Labute approximate surface area is 84.9 Å². The van der Waals surface area contributed by atoms with Crippen LogP contribution in [0.1, 0.15) is 6.42 Å². The lowest BCUT2D eigenvalue weighted by molar-refractivity contribution is -0.124. The predicted octanol–water partition coefficient (Wildman–Crippen LogP) is 0.764. The number of anilines is 1. The van der Waals surface area contributed by atoms with Crippen LogP contribution in [0.4, 0.5) is 10.2 Å². The van der Waals surface area contributed by atoms with Crippen LogP contribution in [-0.4, -0.2) is 11.8 Å². The lowest BCUT2D eigenvalue weighted by atomic mass is 10.3. The number of para-hydroxylation sites is 2. The Morgan fingerprint density at radius 3 is 2.67 bits per heavy atom. The molecule has 1 aromatic carbocycles. The number of hydrogen-bond donors (Lipinski definition) is 2. The van der Waals surface area contributed by atoms with Crippen LogP contribution in [0.25, 0.3) is 0 Å². The number of nitrogens with one attached hydrogen (secondary N) is 1. The monoisotopic (exact) mass is 212 g/mol. The molecule has 1 aromatic rings. The zero-order valence-corrected chi connectivity index (χ0v) is 7.70. The molecular formula is C9H9FN2O3. The summed E-state index contributed by atoms with van der Waals surface area (Å²) < 4.78 is 12.0. The number of halogens is 1. The van der Waals surface area contributed by atoms with Gasteiger partial charge in [0.25, 0.3) is 0 Å². The largest absolute Gasteiger partial charge is 0.369 e. The molecule has 1 rings (SSSR count). The summed E-state index contributed by atoms with van der Waals surface area (Å²) >= 11 is 0. The highest BCUT2D eigenvalue weighted by Gasteiger charge is 2.09. The summed E-state index contributed by atoms with van der Waals surface area (Å²) in [6, 6.07) is 5.90. The average Bonchev–Trinajstić information content (AvgIpc) is 2.17. The van der Waals surface area contributed by atoms with E-state index in [1.807, 2.05) is 0 Å². The highest BCUT2D eigenvalue weighted by Crippen LogP contribution is 2.23. The maximum atomic E-state index is 12.0. The lowest BCUT2D eigenvalue weighted by Gasteiger charge is -2.05. The van der Waals surface area contributed by atoms with Gasteiger partial charge in [0.15, 0.2) is 5.75 Å². The molecule has 0 heterocycles. The maximum Gasteiger partial charge on any atom is 0.233 e. The summed E-state index contributed by atoms with van der Waals surface area (Å²) in [6.45, 7) is 0. The number of carbonyl (C=O) groups excluding carboxylic acids is 2. The third-order valence-corrected chi connectivity index (χ3v) is 1.58. The summed E-state index contributed by atoms with van der Waals surface area (Å²) in [5.41, 5.74) is 4.96. The summed E-state index contributed by atoms with van der Waals surface area (Å²) in [4.78, 5) is 25.0. The Morgan fingerprint density at radius 2 is 2.07 bits per heavy atom. The summed E-state index contributed by atoms with van der Waals surface area (Å²) in [5, 5.41) is 2.29. The first kappa shape index (κ1) is 11.0. The van der Waals surface area contributed by atoms with E-state index in [1.54, 1.807) is 12.1 Å². The topological polar surface area (TPSA) is 81.4 Å². The summed E-state index contributed by atoms with van der Waals surface area (Å²) in [6.07, 6.45) is -0.458. The third-order valence-electron chi connectivity index (χ3n) is 1.58. The van der Waals surface area contributed by atoms with E-state index in [4.69, 9.17) is 5.73 Å². The van der Waals surface area contributed by atoms with Crippen LogP contribution in [0.15, 0.2) is 24.3 Å². The Balaban J connectivity index is 2.71. The van der Waals surface area contributed by atoms with Crippen LogP contribution >= 0.6 is 0 Å². The molecule has 5 nitrogen and oxygen atoms in total. The molecule has 0 saturated heterocycles. The van der Waals surface area contributed by atoms with E-state index in [2.05, 4.69) is 10.3 Å². The molecule has 2 amide bonds. The number of nitrogens with two attached hydrogens (primary N) is 1. The molecule has 0 unspecified atom stereocenters. The smallest absolute Gasteiger partial charge is 0.233 e. The minimum Gasteiger partial charge on any atom is -0.369 e. The first-order valence-corrected chi connectivity index (χ1v) is 4.09. The van der Waals surface area contributed by atoms with Crippen molar-refractivity contribution >= 4 is 17.5 Å². The fourth-order valence-electron chi connectivity index (χ4n) is 0.990. The standard InChI is InChI=1S/C9H9FN2O3/c10-15-7-4-2-1-3-6(7)12-9(14)5-8(11)13/h1-4H,5H2,(H2,11,13)(H,12,14). The molecule has 0 bridgehead atoms. The highest BCUT2D eigenvalue weighted by atomic mass is 19.3. The molecule has 0 aliphatic carbocycles. The molecule has 3 N–H and O–H groups in total. The molecule has 6 heteroatoms. The van der Waals surface area contributed by atoms with Crippen LogP contribution in [-0.2, 0) is 9.59 Å². The van der Waals surface area contributed by atoms with Crippen molar-refractivity contribution in [3.63, 3.8) is 0 Å².